The summed E-state index contributed by atoms with van der Waals surface area (Å²) in [6, 6.07) is 0. The van der Waals surface area contributed by atoms with Crippen molar-refractivity contribution in [1.29, 1.82) is 0 Å². The van der Waals surface area contributed by atoms with Gasteiger partial charge in [0.05, 0.1) is 6.54 Å². The van der Waals surface area contributed by atoms with Crippen molar-refractivity contribution in [3.63, 3.8) is 0 Å². The summed E-state index contributed by atoms with van der Waals surface area (Å²) in [6.07, 6.45) is 1.17. The molecule has 1 amide bonds. The Kier molecular flexibility index (Phi) is 4.83. The van der Waals surface area contributed by atoms with Crippen LogP contribution in [0.5, 0.6) is 0 Å². The van der Waals surface area contributed by atoms with Gasteiger partial charge < -0.3 is 15.5 Å². The summed E-state index contributed by atoms with van der Waals surface area (Å²) < 4.78 is 0. The maximum atomic E-state index is 11.6. The van der Waals surface area contributed by atoms with Crippen molar-refractivity contribution in [2.24, 2.45) is 11.8 Å². The Morgan fingerprint density at radius 3 is 2.93 bits per heavy atom. The zero-order valence-electron chi connectivity index (χ0n) is 9.16. The van der Waals surface area contributed by atoms with E-state index in [1.54, 1.807) is 0 Å². The molecule has 2 aliphatic rings. The van der Waals surface area contributed by atoms with E-state index < -0.39 is 0 Å². The Hall–Kier alpha value is -0.320. The molecule has 2 heterocycles. The van der Waals surface area contributed by atoms with E-state index >= 15 is 0 Å². The van der Waals surface area contributed by atoms with E-state index in [0.717, 1.165) is 32.1 Å². The van der Waals surface area contributed by atoms with Crippen LogP contribution in [0.25, 0.3) is 0 Å². The van der Waals surface area contributed by atoms with Gasteiger partial charge in [-0.15, -0.1) is 12.4 Å². The van der Waals surface area contributed by atoms with Crippen molar-refractivity contribution in [2.75, 3.05) is 39.8 Å². The van der Waals surface area contributed by atoms with Gasteiger partial charge >= 0.3 is 0 Å². The maximum Gasteiger partial charge on any atom is 0.236 e. The summed E-state index contributed by atoms with van der Waals surface area (Å²) in [7, 11) is 1.82. The summed E-state index contributed by atoms with van der Waals surface area (Å²) in [5, 5.41) is 6.32. The van der Waals surface area contributed by atoms with Gasteiger partial charge in [-0.2, -0.15) is 0 Å². The predicted octanol–water partition coefficient (Wildman–Crippen LogP) is -0.304. The summed E-state index contributed by atoms with van der Waals surface area (Å²) >= 11 is 0. The molecule has 0 aromatic rings. The van der Waals surface area contributed by atoms with Crippen LogP contribution in [-0.2, 0) is 4.79 Å². The van der Waals surface area contributed by atoms with Crippen LogP contribution in [0.15, 0.2) is 0 Å². The Morgan fingerprint density at radius 1 is 1.47 bits per heavy atom. The predicted molar refractivity (Wildman–Crippen MR) is 62.2 cm³/mol. The monoisotopic (exact) mass is 233 g/mol. The van der Waals surface area contributed by atoms with Crippen molar-refractivity contribution < 1.29 is 4.79 Å². The van der Waals surface area contributed by atoms with Gasteiger partial charge in [-0.25, -0.2) is 0 Å². The molecular weight excluding hydrogens is 214 g/mol. The first-order valence-corrected chi connectivity index (χ1v) is 5.44. The number of hydrogen-bond acceptors (Lipinski definition) is 3. The molecule has 0 aromatic heterocycles. The third kappa shape index (κ3) is 2.83. The standard InChI is InChI=1S/C10H19N3O.ClH/c1-11-6-10(14)13-3-2-8-4-12-5-9(8)7-13;/h8-9,11-12H,2-7H2,1H3;1H. The quantitative estimate of drug-likeness (QED) is 0.688. The van der Waals surface area contributed by atoms with Crippen molar-refractivity contribution >= 4 is 18.3 Å². The molecule has 0 aliphatic carbocycles. The minimum absolute atomic E-state index is 0. The number of likely N-dealkylation sites (tertiary alicyclic amines) is 1. The molecule has 0 bridgehead atoms. The fraction of sp³-hybridized carbons (Fsp3) is 0.900. The molecule has 2 rings (SSSR count). The minimum atomic E-state index is 0. The number of likely N-dealkylation sites (N-methyl/N-ethyl adjacent to an activating group) is 1. The molecule has 2 atom stereocenters. The molecule has 0 aromatic carbocycles. The van der Waals surface area contributed by atoms with Crippen LogP contribution in [-0.4, -0.2) is 50.6 Å². The number of piperidine rings is 1. The second-order valence-corrected chi connectivity index (χ2v) is 4.34. The van der Waals surface area contributed by atoms with Crippen molar-refractivity contribution in [1.82, 2.24) is 15.5 Å². The molecule has 5 heteroatoms. The average Bonchev–Trinajstić information content (AvgIpc) is 2.64. The van der Waals surface area contributed by atoms with Crippen LogP contribution >= 0.6 is 12.4 Å². The van der Waals surface area contributed by atoms with E-state index in [1.165, 1.54) is 6.42 Å². The van der Waals surface area contributed by atoms with E-state index in [1.807, 2.05) is 11.9 Å². The lowest BCUT2D eigenvalue weighted by Gasteiger charge is -2.34. The number of amides is 1. The zero-order chi connectivity index (χ0) is 9.97. The molecular formula is C10H20ClN3O. The Balaban J connectivity index is 0.00000112. The topological polar surface area (TPSA) is 44.4 Å². The van der Waals surface area contributed by atoms with Gasteiger partial charge in [0, 0.05) is 13.1 Å². The molecule has 15 heavy (non-hydrogen) atoms. The van der Waals surface area contributed by atoms with Gasteiger partial charge in [-0.3, -0.25) is 4.79 Å². The molecule has 0 saturated carbocycles. The largest absolute Gasteiger partial charge is 0.341 e. The highest BCUT2D eigenvalue weighted by Crippen LogP contribution is 2.26. The third-order valence-electron chi connectivity index (χ3n) is 3.39. The van der Waals surface area contributed by atoms with E-state index in [0.29, 0.717) is 12.5 Å². The number of hydrogen-bond donors (Lipinski definition) is 2. The minimum Gasteiger partial charge on any atom is -0.341 e. The molecule has 2 unspecified atom stereocenters. The highest BCUT2D eigenvalue weighted by atomic mass is 35.5. The third-order valence-corrected chi connectivity index (χ3v) is 3.39. The van der Waals surface area contributed by atoms with E-state index in [4.69, 9.17) is 0 Å². The summed E-state index contributed by atoms with van der Waals surface area (Å²) in [5.41, 5.74) is 0. The molecule has 4 nitrogen and oxygen atoms in total. The highest BCUT2D eigenvalue weighted by molar-refractivity contribution is 5.85. The van der Waals surface area contributed by atoms with Crippen LogP contribution in [0, 0.1) is 11.8 Å². The van der Waals surface area contributed by atoms with Gasteiger partial charge in [0.1, 0.15) is 0 Å². The van der Waals surface area contributed by atoms with Crippen LogP contribution in [0.3, 0.4) is 0 Å². The van der Waals surface area contributed by atoms with Crippen LogP contribution < -0.4 is 10.6 Å². The summed E-state index contributed by atoms with van der Waals surface area (Å²) in [5.74, 6) is 1.76. The molecule has 2 N–H and O–H groups in total. The first-order chi connectivity index (χ1) is 6.81. The van der Waals surface area contributed by atoms with Crippen molar-refractivity contribution in [3.05, 3.63) is 0 Å². The van der Waals surface area contributed by atoms with E-state index in [2.05, 4.69) is 10.6 Å². The van der Waals surface area contributed by atoms with Crippen LogP contribution in [0.4, 0.5) is 0 Å². The van der Waals surface area contributed by atoms with Gasteiger partial charge in [0.2, 0.25) is 5.91 Å². The first kappa shape index (κ1) is 12.7. The van der Waals surface area contributed by atoms with E-state index in [-0.39, 0.29) is 18.3 Å². The molecule has 2 saturated heterocycles. The lowest BCUT2D eigenvalue weighted by atomic mass is 9.89. The molecule has 88 valence electrons. The first-order valence-electron chi connectivity index (χ1n) is 5.44. The SMILES string of the molecule is CNCC(=O)N1CCC2CNCC2C1.Cl. The maximum absolute atomic E-state index is 11.6. The average molecular weight is 234 g/mol. The van der Waals surface area contributed by atoms with Crippen molar-refractivity contribution in [2.45, 2.75) is 6.42 Å². The summed E-state index contributed by atoms with van der Waals surface area (Å²) in [6.45, 7) is 4.62. The lowest BCUT2D eigenvalue weighted by molar-refractivity contribution is -0.132. The number of nitrogens with zero attached hydrogens (tertiary/aromatic N) is 1. The number of carbonyl (C=O) groups is 1. The highest BCUT2D eigenvalue weighted by Gasteiger charge is 2.33. The van der Waals surface area contributed by atoms with Crippen LogP contribution in [0.1, 0.15) is 6.42 Å². The fourth-order valence-electron chi connectivity index (χ4n) is 2.52. The van der Waals surface area contributed by atoms with E-state index in [9.17, 15) is 4.79 Å². The molecule has 0 spiro atoms. The van der Waals surface area contributed by atoms with Gasteiger partial charge in [0.15, 0.2) is 0 Å². The Bertz CT molecular complexity index is 225. The zero-order valence-corrected chi connectivity index (χ0v) is 9.98. The molecule has 2 fully saturated rings. The molecule has 0 radical (unpaired) electrons. The number of carbonyl (C=O) groups excluding carboxylic acids is 1. The summed E-state index contributed by atoms with van der Waals surface area (Å²) in [4.78, 5) is 13.6. The number of halogens is 1. The molecule has 2 aliphatic heterocycles. The smallest absolute Gasteiger partial charge is 0.236 e. The fourth-order valence-corrected chi connectivity index (χ4v) is 2.52. The van der Waals surface area contributed by atoms with Gasteiger partial charge in [-0.1, -0.05) is 0 Å². The number of fused-ring (bicyclic) bond motifs is 1. The van der Waals surface area contributed by atoms with Gasteiger partial charge in [0.25, 0.3) is 0 Å². The second-order valence-electron chi connectivity index (χ2n) is 4.34. The van der Waals surface area contributed by atoms with Crippen molar-refractivity contribution in [3.8, 4) is 0 Å². The number of rotatable bonds is 2. The number of nitrogens with one attached hydrogen (secondary N) is 2. The Morgan fingerprint density at radius 2 is 2.20 bits per heavy atom. The Labute approximate surface area is 97.2 Å². The normalized spacial score (nSPS) is 29.5. The second kappa shape index (κ2) is 5.68. The van der Waals surface area contributed by atoms with Crippen LogP contribution in [0.2, 0.25) is 0 Å². The van der Waals surface area contributed by atoms with Gasteiger partial charge in [-0.05, 0) is 38.4 Å². The lowest BCUT2D eigenvalue weighted by Crippen LogP contribution is -2.46.